The molecule has 0 bridgehead atoms. The number of amidine groups is 1. The molecule has 1 heterocycles. The van der Waals surface area contributed by atoms with Crippen molar-refractivity contribution in [2.45, 2.75) is 6.61 Å². The number of carbonyl (C=O) groups is 1. The Labute approximate surface area is 213 Å². The van der Waals surface area contributed by atoms with E-state index in [1.54, 1.807) is 31.4 Å². The molecule has 0 spiro atoms. The predicted molar refractivity (Wildman–Crippen MR) is 139 cm³/mol. The number of benzene rings is 3. The Morgan fingerprint density at radius 3 is 2.67 bits per heavy atom. The Morgan fingerprint density at radius 2 is 1.91 bits per heavy atom. The number of methoxy groups -OCH3 is 1. The average Bonchev–Trinajstić information content (AvgIpc) is 3.15. The summed E-state index contributed by atoms with van der Waals surface area (Å²) in [5.41, 5.74) is 2.30. The van der Waals surface area contributed by atoms with Crippen LogP contribution in [0.25, 0.3) is 6.08 Å². The van der Waals surface area contributed by atoms with E-state index in [1.165, 1.54) is 11.8 Å². The molecule has 168 valence electrons. The van der Waals surface area contributed by atoms with Crippen LogP contribution >= 0.6 is 50.9 Å². The van der Waals surface area contributed by atoms with E-state index in [2.05, 4.69) is 26.2 Å². The van der Waals surface area contributed by atoms with E-state index in [9.17, 15) is 4.79 Å². The van der Waals surface area contributed by atoms with Crippen molar-refractivity contribution < 1.29 is 14.3 Å². The molecule has 1 amide bonds. The first kappa shape index (κ1) is 23.7. The molecule has 0 aromatic heterocycles. The number of hydrogen-bond acceptors (Lipinski definition) is 5. The Balaban J connectivity index is 1.56. The largest absolute Gasteiger partial charge is 0.493 e. The molecule has 1 aliphatic heterocycles. The molecule has 33 heavy (non-hydrogen) atoms. The SMILES string of the molecule is COc1cc(/C=C2\SC(=Nc3cccc(Cl)c3Cl)NC2=O)cc(Br)c1OCc1ccccc1. The molecule has 5 nitrogen and oxygen atoms in total. The molecular weight excluding hydrogens is 547 g/mol. The number of ether oxygens (including phenoxy) is 2. The lowest BCUT2D eigenvalue weighted by Gasteiger charge is -2.13. The van der Waals surface area contributed by atoms with E-state index >= 15 is 0 Å². The van der Waals surface area contributed by atoms with Crippen LogP contribution in [-0.2, 0) is 11.4 Å². The van der Waals surface area contributed by atoms with E-state index in [-0.39, 0.29) is 5.91 Å². The van der Waals surface area contributed by atoms with Crippen molar-refractivity contribution in [3.8, 4) is 11.5 Å². The van der Waals surface area contributed by atoms with Gasteiger partial charge in [0.2, 0.25) is 0 Å². The third-order valence-corrected chi connectivity index (χ3v) is 6.89. The Kier molecular flexibility index (Phi) is 7.65. The van der Waals surface area contributed by atoms with Gasteiger partial charge in [-0.05, 0) is 69.2 Å². The summed E-state index contributed by atoms with van der Waals surface area (Å²) in [5.74, 6) is 0.886. The molecule has 0 radical (unpaired) electrons. The van der Waals surface area contributed by atoms with Crippen molar-refractivity contribution in [1.29, 1.82) is 0 Å². The lowest BCUT2D eigenvalue weighted by Crippen LogP contribution is -2.19. The molecule has 1 saturated heterocycles. The minimum absolute atomic E-state index is 0.253. The number of nitrogens with one attached hydrogen (secondary N) is 1. The zero-order valence-electron chi connectivity index (χ0n) is 17.3. The van der Waals surface area contributed by atoms with Crippen LogP contribution < -0.4 is 14.8 Å². The first-order valence-corrected chi connectivity index (χ1v) is 12.1. The van der Waals surface area contributed by atoms with Gasteiger partial charge in [0.1, 0.15) is 6.61 Å². The maximum Gasteiger partial charge on any atom is 0.264 e. The van der Waals surface area contributed by atoms with Crippen molar-refractivity contribution >= 4 is 73.7 Å². The fourth-order valence-corrected chi connectivity index (χ4v) is 4.76. The fraction of sp³-hybridized carbons (Fsp3) is 0.0833. The highest BCUT2D eigenvalue weighted by Gasteiger charge is 2.24. The van der Waals surface area contributed by atoms with Gasteiger partial charge in [-0.1, -0.05) is 59.6 Å². The minimum Gasteiger partial charge on any atom is -0.493 e. The second kappa shape index (κ2) is 10.7. The zero-order valence-corrected chi connectivity index (χ0v) is 21.2. The summed E-state index contributed by atoms with van der Waals surface area (Å²) in [5, 5.41) is 3.90. The molecule has 3 aromatic carbocycles. The van der Waals surface area contributed by atoms with E-state index in [1.807, 2.05) is 42.5 Å². The van der Waals surface area contributed by atoms with Crippen molar-refractivity contribution in [2.24, 2.45) is 4.99 Å². The van der Waals surface area contributed by atoms with Crippen molar-refractivity contribution in [3.63, 3.8) is 0 Å². The average molecular weight is 564 g/mol. The van der Waals surface area contributed by atoms with Gasteiger partial charge >= 0.3 is 0 Å². The molecule has 9 heteroatoms. The topological polar surface area (TPSA) is 59.9 Å². The second-order valence-corrected chi connectivity index (χ2v) is 9.53. The summed E-state index contributed by atoms with van der Waals surface area (Å²) < 4.78 is 12.2. The molecule has 3 aromatic rings. The number of carbonyl (C=O) groups excluding carboxylic acids is 1. The van der Waals surface area contributed by atoms with Crippen LogP contribution in [0.15, 0.2) is 75.0 Å². The van der Waals surface area contributed by atoms with Crippen LogP contribution in [0.4, 0.5) is 5.69 Å². The van der Waals surface area contributed by atoms with Gasteiger partial charge in [0.25, 0.3) is 5.91 Å². The Hall–Kier alpha value is -2.45. The van der Waals surface area contributed by atoms with Crippen molar-refractivity contribution in [1.82, 2.24) is 5.32 Å². The van der Waals surface area contributed by atoms with Crippen molar-refractivity contribution in [2.75, 3.05) is 7.11 Å². The van der Waals surface area contributed by atoms with Gasteiger partial charge in [0.15, 0.2) is 16.7 Å². The predicted octanol–water partition coefficient (Wildman–Crippen LogP) is 7.24. The lowest BCUT2D eigenvalue weighted by molar-refractivity contribution is -0.115. The van der Waals surface area contributed by atoms with E-state index in [0.29, 0.717) is 48.4 Å². The summed E-state index contributed by atoms with van der Waals surface area (Å²) in [6.07, 6.45) is 1.76. The first-order chi connectivity index (χ1) is 15.9. The number of halogens is 3. The molecule has 1 aliphatic rings. The van der Waals surface area contributed by atoms with E-state index < -0.39 is 0 Å². The van der Waals surface area contributed by atoms with Crippen LogP contribution in [-0.4, -0.2) is 18.2 Å². The van der Waals surface area contributed by atoms with Gasteiger partial charge in [0.05, 0.1) is 32.2 Å². The van der Waals surface area contributed by atoms with Gasteiger partial charge in [-0.25, -0.2) is 4.99 Å². The van der Waals surface area contributed by atoms with Crippen LogP contribution in [0.3, 0.4) is 0 Å². The van der Waals surface area contributed by atoms with Crippen LogP contribution in [0, 0.1) is 0 Å². The summed E-state index contributed by atoms with van der Waals surface area (Å²) in [4.78, 5) is 17.4. The van der Waals surface area contributed by atoms with E-state index in [0.717, 1.165) is 11.1 Å². The maximum absolute atomic E-state index is 12.5. The van der Waals surface area contributed by atoms with E-state index in [4.69, 9.17) is 32.7 Å². The van der Waals surface area contributed by atoms with Crippen LogP contribution in [0.1, 0.15) is 11.1 Å². The smallest absolute Gasteiger partial charge is 0.264 e. The quantitative estimate of drug-likeness (QED) is 0.321. The summed E-state index contributed by atoms with van der Waals surface area (Å²) in [7, 11) is 1.57. The molecule has 1 N–H and O–H groups in total. The molecule has 1 fully saturated rings. The minimum atomic E-state index is -0.253. The Bertz CT molecular complexity index is 1270. The molecule has 0 unspecified atom stereocenters. The van der Waals surface area contributed by atoms with Gasteiger partial charge in [0, 0.05) is 0 Å². The molecular formula is C24H17BrCl2N2O3S. The standard InChI is InChI=1S/C24H17BrCl2N2O3S/c1-31-19-11-15(10-16(25)22(19)32-13-14-6-3-2-4-7-14)12-20-23(30)29-24(33-20)28-18-9-5-8-17(26)21(18)27/h2-12H,13H2,1H3,(H,28,29,30)/b20-12-. The van der Waals surface area contributed by atoms with Gasteiger partial charge in [-0.15, -0.1) is 0 Å². The number of amides is 1. The Morgan fingerprint density at radius 1 is 1.12 bits per heavy atom. The monoisotopic (exact) mass is 562 g/mol. The number of hydrogen-bond donors (Lipinski definition) is 1. The molecule has 0 atom stereocenters. The number of aliphatic imine (C=N–C) groups is 1. The highest BCUT2D eigenvalue weighted by Crippen LogP contribution is 2.39. The second-order valence-electron chi connectivity index (χ2n) is 6.86. The first-order valence-electron chi connectivity index (χ1n) is 9.72. The third-order valence-electron chi connectivity index (χ3n) is 4.58. The zero-order chi connectivity index (χ0) is 23.4. The molecule has 0 saturated carbocycles. The molecule has 4 rings (SSSR count). The summed E-state index contributed by atoms with van der Waals surface area (Å²) >= 11 is 17.0. The highest BCUT2D eigenvalue weighted by atomic mass is 79.9. The summed E-state index contributed by atoms with van der Waals surface area (Å²) in [6, 6.07) is 18.7. The number of nitrogens with zero attached hydrogens (tertiary/aromatic N) is 1. The normalized spacial score (nSPS) is 15.7. The number of rotatable bonds is 6. The van der Waals surface area contributed by atoms with Crippen LogP contribution in [0.2, 0.25) is 10.0 Å². The maximum atomic E-state index is 12.5. The highest BCUT2D eigenvalue weighted by molar-refractivity contribution is 9.10. The van der Waals surface area contributed by atoms with Gasteiger partial charge < -0.3 is 14.8 Å². The van der Waals surface area contributed by atoms with Crippen molar-refractivity contribution in [3.05, 3.63) is 91.2 Å². The molecule has 0 aliphatic carbocycles. The van der Waals surface area contributed by atoms with Crippen LogP contribution in [0.5, 0.6) is 11.5 Å². The number of thioether (sulfide) groups is 1. The fourth-order valence-electron chi connectivity index (χ4n) is 3.01. The lowest BCUT2D eigenvalue weighted by atomic mass is 10.2. The third kappa shape index (κ3) is 5.73. The summed E-state index contributed by atoms with van der Waals surface area (Å²) in [6.45, 7) is 0.403. The van der Waals surface area contributed by atoms with Gasteiger partial charge in [-0.3, -0.25) is 4.79 Å². The van der Waals surface area contributed by atoms with Gasteiger partial charge in [-0.2, -0.15) is 0 Å².